The number of nitro benzene ring substituents is 1. The van der Waals surface area contributed by atoms with Crippen LogP contribution in [-0.2, 0) is 10.0 Å². The van der Waals surface area contributed by atoms with Crippen molar-refractivity contribution in [1.29, 1.82) is 0 Å². The van der Waals surface area contributed by atoms with Gasteiger partial charge in [0, 0.05) is 26.7 Å². The van der Waals surface area contributed by atoms with Gasteiger partial charge in [0.25, 0.3) is 5.69 Å². The highest BCUT2D eigenvalue weighted by molar-refractivity contribution is 7.89. The molecular formula is C16H17Cl2N3O5S. The lowest BCUT2D eigenvalue weighted by molar-refractivity contribution is -0.384. The fourth-order valence-corrected chi connectivity index (χ4v) is 3.91. The fourth-order valence-electron chi connectivity index (χ4n) is 2.23. The molecule has 0 aliphatic rings. The van der Waals surface area contributed by atoms with E-state index in [0.717, 1.165) is 10.4 Å². The molecule has 0 unspecified atom stereocenters. The lowest BCUT2D eigenvalue weighted by Crippen LogP contribution is -2.31. The molecule has 0 fully saturated rings. The first-order valence-electron chi connectivity index (χ1n) is 7.68. The van der Waals surface area contributed by atoms with Crippen LogP contribution in [-0.4, -0.2) is 44.9 Å². The molecule has 2 aromatic rings. The molecule has 0 aromatic heterocycles. The van der Waals surface area contributed by atoms with Gasteiger partial charge >= 0.3 is 0 Å². The number of hydrogen-bond donors (Lipinski definition) is 1. The summed E-state index contributed by atoms with van der Waals surface area (Å²) in [7, 11) is -1.07. The zero-order chi connectivity index (χ0) is 20.2. The third-order valence-corrected chi connectivity index (χ3v) is 6.16. The van der Waals surface area contributed by atoms with Gasteiger partial charge in [-0.05, 0) is 24.3 Å². The Labute approximate surface area is 166 Å². The van der Waals surface area contributed by atoms with Gasteiger partial charge in [-0.15, -0.1) is 0 Å². The maximum absolute atomic E-state index is 12.7. The molecule has 0 spiro atoms. The minimum absolute atomic E-state index is 0.00409. The number of sulfonamides is 1. The minimum atomic E-state index is -3.94. The minimum Gasteiger partial charge on any atom is -0.489 e. The van der Waals surface area contributed by atoms with Gasteiger partial charge in [-0.1, -0.05) is 29.3 Å². The molecule has 11 heteroatoms. The summed E-state index contributed by atoms with van der Waals surface area (Å²) >= 11 is 12.0. The number of anilines is 1. The van der Waals surface area contributed by atoms with E-state index in [0.29, 0.717) is 10.0 Å². The average molecular weight is 434 g/mol. The van der Waals surface area contributed by atoms with Gasteiger partial charge in [0.05, 0.1) is 19.9 Å². The quantitative estimate of drug-likeness (QED) is 0.503. The molecule has 0 amide bonds. The molecule has 146 valence electrons. The van der Waals surface area contributed by atoms with Crippen molar-refractivity contribution in [2.24, 2.45) is 0 Å². The number of nitrogens with zero attached hydrogens (tertiary/aromatic N) is 2. The van der Waals surface area contributed by atoms with Gasteiger partial charge in [-0.25, -0.2) is 8.42 Å². The van der Waals surface area contributed by atoms with Crippen LogP contribution in [0.5, 0.6) is 5.75 Å². The predicted octanol–water partition coefficient (Wildman–Crippen LogP) is 3.64. The zero-order valence-corrected chi connectivity index (χ0v) is 16.8. The van der Waals surface area contributed by atoms with Crippen molar-refractivity contribution in [3.05, 3.63) is 56.6 Å². The summed E-state index contributed by atoms with van der Waals surface area (Å²) in [6.45, 7) is -0.0126. The van der Waals surface area contributed by atoms with Crippen LogP contribution in [0.3, 0.4) is 0 Å². The first kappa shape index (κ1) is 21.2. The Bertz CT molecular complexity index is 933. The van der Waals surface area contributed by atoms with E-state index in [4.69, 9.17) is 27.9 Å². The van der Waals surface area contributed by atoms with Gasteiger partial charge in [-0.2, -0.15) is 4.31 Å². The van der Waals surface area contributed by atoms with Crippen LogP contribution in [0.1, 0.15) is 0 Å². The van der Waals surface area contributed by atoms with E-state index in [1.165, 1.54) is 26.2 Å². The topological polar surface area (TPSA) is 102 Å². The predicted molar refractivity (Wildman–Crippen MR) is 104 cm³/mol. The molecule has 0 saturated carbocycles. The zero-order valence-electron chi connectivity index (χ0n) is 14.5. The molecule has 0 atom stereocenters. The molecule has 1 N–H and O–H groups in total. The maximum Gasteiger partial charge on any atom is 0.293 e. The normalized spacial score (nSPS) is 11.4. The van der Waals surface area contributed by atoms with Crippen LogP contribution in [0.4, 0.5) is 11.4 Å². The number of nitro groups is 1. The van der Waals surface area contributed by atoms with Crippen molar-refractivity contribution >= 4 is 44.6 Å². The third kappa shape index (κ3) is 4.81. The van der Waals surface area contributed by atoms with Gasteiger partial charge in [-0.3, -0.25) is 10.1 Å². The Morgan fingerprint density at radius 2 is 1.85 bits per heavy atom. The van der Waals surface area contributed by atoms with Gasteiger partial charge in [0.2, 0.25) is 10.0 Å². The lowest BCUT2D eigenvalue weighted by atomic mass is 10.3. The van der Waals surface area contributed by atoms with Crippen molar-refractivity contribution < 1.29 is 18.1 Å². The van der Waals surface area contributed by atoms with E-state index in [1.807, 2.05) is 0 Å². The largest absolute Gasteiger partial charge is 0.489 e. The second-order valence-corrected chi connectivity index (χ2v) is 8.27. The van der Waals surface area contributed by atoms with Crippen LogP contribution in [0.15, 0.2) is 41.3 Å². The maximum atomic E-state index is 12.7. The molecule has 0 aliphatic carbocycles. The second-order valence-electron chi connectivity index (χ2n) is 5.41. The summed E-state index contributed by atoms with van der Waals surface area (Å²) in [5.41, 5.74) is -0.107. The fraction of sp³-hybridized carbons (Fsp3) is 0.250. The van der Waals surface area contributed by atoms with E-state index in [1.54, 1.807) is 18.2 Å². The molecule has 2 aromatic carbocycles. The van der Waals surface area contributed by atoms with E-state index in [-0.39, 0.29) is 35.2 Å². The first-order chi connectivity index (χ1) is 12.7. The molecule has 0 bridgehead atoms. The Kier molecular flexibility index (Phi) is 6.88. The number of nitrogens with one attached hydrogen (secondary N) is 1. The molecule has 8 nitrogen and oxygen atoms in total. The van der Waals surface area contributed by atoms with Crippen molar-refractivity contribution in [2.45, 2.75) is 4.90 Å². The first-order valence-corrected chi connectivity index (χ1v) is 9.87. The molecule has 0 saturated heterocycles. The lowest BCUT2D eigenvalue weighted by Gasteiger charge is -2.18. The summed E-state index contributed by atoms with van der Waals surface area (Å²) in [5, 5.41) is 14.4. The molecule has 2 rings (SSSR count). The highest BCUT2D eigenvalue weighted by Gasteiger charge is 2.25. The molecule has 0 aliphatic heterocycles. The van der Waals surface area contributed by atoms with Crippen LogP contribution in [0, 0.1) is 10.1 Å². The van der Waals surface area contributed by atoms with Crippen molar-refractivity contribution in [3.8, 4) is 5.75 Å². The number of halogens is 2. The molecule has 27 heavy (non-hydrogen) atoms. The highest BCUT2D eigenvalue weighted by atomic mass is 35.5. The summed E-state index contributed by atoms with van der Waals surface area (Å²) in [4.78, 5) is 10.3. The van der Waals surface area contributed by atoms with E-state index in [9.17, 15) is 18.5 Å². The Hall–Kier alpha value is -2.07. The number of hydrogen-bond acceptors (Lipinski definition) is 6. The van der Waals surface area contributed by atoms with E-state index >= 15 is 0 Å². The Morgan fingerprint density at radius 1 is 1.22 bits per heavy atom. The number of para-hydroxylation sites is 1. The Morgan fingerprint density at radius 3 is 2.41 bits per heavy atom. The number of likely N-dealkylation sites (N-methyl/N-ethyl adjacent to an activating group) is 1. The monoisotopic (exact) mass is 433 g/mol. The SMILES string of the molecule is CNc1ccc(S(=O)(=O)N(C)CCOc2c(Cl)cccc2Cl)cc1[N+](=O)[O-]. The van der Waals surface area contributed by atoms with Gasteiger partial charge in [0.1, 0.15) is 12.3 Å². The van der Waals surface area contributed by atoms with Crippen molar-refractivity contribution in [1.82, 2.24) is 4.31 Å². The van der Waals surface area contributed by atoms with E-state index in [2.05, 4.69) is 5.32 Å². The van der Waals surface area contributed by atoms with Crippen molar-refractivity contribution in [2.75, 3.05) is 32.6 Å². The molecular weight excluding hydrogens is 417 g/mol. The third-order valence-electron chi connectivity index (χ3n) is 3.71. The second kappa shape index (κ2) is 8.75. The summed E-state index contributed by atoms with van der Waals surface area (Å²) in [6, 6.07) is 8.53. The summed E-state index contributed by atoms with van der Waals surface area (Å²) in [6.07, 6.45) is 0. The average Bonchev–Trinajstić information content (AvgIpc) is 2.63. The smallest absolute Gasteiger partial charge is 0.293 e. The summed E-state index contributed by atoms with van der Waals surface area (Å²) < 4.78 is 31.8. The number of rotatable bonds is 8. The number of ether oxygens (including phenoxy) is 1. The molecule has 0 radical (unpaired) electrons. The Balaban J connectivity index is 2.14. The summed E-state index contributed by atoms with van der Waals surface area (Å²) in [5.74, 6) is 0.264. The van der Waals surface area contributed by atoms with Crippen LogP contribution >= 0.6 is 23.2 Å². The van der Waals surface area contributed by atoms with Gasteiger partial charge < -0.3 is 10.1 Å². The standard InChI is InChI=1S/C16H17Cl2N3O5S/c1-19-14-7-6-11(10-15(14)21(22)23)27(24,25)20(2)8-9-26-16-12(17)4-3-5-13(16)18/h3-7,10,19H,8-9H2,1-2H3. The van der Waals surface area contributed by atoms with Gasteiger partial charge in [0.15, 0.2) is 5.75 Å². The van der Waals surface area contributed by atoms with Crippen molar-refractivity contribution in [3.63, 3.8) is 0 Å². The molecule has 0 heterocycles. The number of benzene rings is 2. The van der Waals surface area contributed by atoms with Crippen LogP contribution in [0.25, 0.3) is 0 Å². The van der Waals surface area contributed by atoms with E-state index < -0.39 is 14.9 Å². The van der Waals surface area contributed by atoms with Crippen LogP contribution < -0.4 is 10.1 Å². The van der Waals surface area contributed by atoms with Crippen LogP contribution in [0.2, 0.25) is 10.0 Å². The highest BCUT2D eigenvalue weighted by Crippen LogP contribution is 2.32.